The van der Waals surface area contributed by atoms with Crippen LogP contribution in [0.5, 0.6) is 6.01 Å². The Hall–Kier alpha value is -2.41. The van der Waals surface area contributed by atoms with E-state index < -0.39 is 6.10 Å². The maximum absolute atomic E-state index is 12.2. The van der Waals surface area contributed by atoms with Gasteiger partial charge >= 0.3 is 6.01 Å². The number of anilines is 1. The van der Waals surface area contributed by atoms with Gasteiger partial charge in [0.25, 0.3) is 5.91 Å². The Morgan fingerprint density at radius 1 is 1.23 bits per heavy atom. The molecular formula is C15H13BrN4O2. The number of nitrogens with one attached hydrogen (secondary N) is 1. The van der Waals surface area contributed by atoms with Crippen molar-refractivity contribution in [2.24, 2.45) is 0 Å². The van der Waals surface area contributed by atoms with Crippen molar-refractivity contribution in [3.8, 4) is 6.01 Å². The maximum atomic E-state index is 12.2. The molecule has 3 rings (SSSR count). The van der Waals surface area contributed by atoms with Gasteiger partial charge in [-0.25, -0.2) is 0 Å². The van der Waals surface area contributed by atoms with Gasteiger partial charge in [-0.05, 0) is 43.3 Å². The van der Waals surface area contributed by atoms with E-state index in [0.717, 1.165) is 4.47 Å². The smallest absolute Gasteiger partial charge is 0.322 e. The number of nitrogens with zero attached hydrogens (tertiary/aromatic N) is 3. The van der Waals surface area contributed by atoms with Gasteiger partial charge in [-0.2, -0.15) is 0 Å². The van der Waals surface area contributed by atoms with Crippen LogP contribution in [0.1, 0.15) is 6.92 Å². The van der Waals surface area contributed by atoms with Crippen LogP contribution in [0, 0.1) is 0 Å². The quantitative estimate of drug-likeness (QED) is 0.776. The third-order valence-electron chi connectivity index (χ3n) is 3.05. The Labute approximate surface area is 135 Å². The summed E-state index contributed by atoms with van der Waals surface area (Å²) in [6, 6.07) is 13.1. The summed E-state index contributed by atoms with van der Waals surface area (Å²) in [7, 11) is 0. The van der Waals surface area contributed by atoms with Crippen LogP contribution < -0.4 is 10.1 Å². The molecular weight excluding hydrogens is 348 g/mol. The average Bonchev–Trinajstić information content (AvgIpc) is 2.93. The van der Waals surface area contributed by atoms with Gasteiger partial charge in [-0.1, -0.05) is 27.1 Å². The number of carbonyl (C=O) groups excluding carboxylic acids is 1. The average molecular weight is 361 g/mol. The van der Waals surface area contributed by atoms with E-state index in [2.05, 4.69) is 31.4 Å². The number of ether oxygens (including phenoxy) is 1. The van der Waals surface area contributed by atoms with E-state index in [9.17, 15) is 4.79 Å². The molecule has 0 bridgehead atoms. The molecule has 1 N–H and O–H groups in total. The fourth-order valence-corrected chi connectivity index (χ4v) is 2.15. The van der Waals surface area contributed by atoms with Crippen LogP contribution in [0.4, 0.5) is 5.69 Å². The Bertz CT molecular complexity index is 801. The molecule has 2 aromatic heterocycles. The van der Waals surface area contributed by atoms with Gasteiger partial charge in [0.2, 0.25) is 0 Å². The molecule has 0 aliphatic rings. The Kier molecular flexibility index (Phi) is 4.06. The molecule has 0 fully saturated rings. The van der Waals surface area contributed by atoms with Crippen LogP contribution in [0.3, 0.4) is 0 Å². The zero-order chi connectivity index (χ0) is 15.5. The second kappa shape index (κ2) is 6.15. The lowest BCUT2D eigenvalue weighted by atomic mass is 10.3. The van der Waals surface area contributed by atoms with E-state index in [1.54, 1.807) is 29.7 Å². The molecule has 22 heavy (non-hydrogen) atoms. The van der Waals surface area contributed by atoms with Gasteiger partial charge in [-0.15, -0.1) is 5.10 Å². The number of rotatable bonds is 4. The lowest BCUT2D eigenvalue weighted by Crippen LogP contribution is -2.30. The van der Waals surface area contributed by atoms with Crippen LogP contribution in [0.15, 0.2) is 53.1 Å². The molecule has 0 spiro atoms. The lowest BCUT2D eigenvalue weighted by molar-refractivity contribution is -0.122. The number of carbonyl (C=O) groups is 1. The van der Waals surface area contributed by atoms with Crippen molar-refractivity contribution in [1.82, 2.24) is 14.6 Å². The number of benzene rings is 1. The molecule has 0 unspecified atom stereocenters. The van der Waals surface area contributed by atoms with Crippen molar-refractivity contribution in [3.05, 3.63) is 53.1 Å². The number of pyridine rings is 1. The molecule has 2 heterocycles. The Morgan fingerprint density at radius 2 is 2.00 bits per heavy atom. The monoisotopic (exact) mass is 360 g/mol. The zero-order valence-electron chi connectivity index (χ0n) is 11.7. The van der Waals surface area contributed by atoms with Crippen LogP contribution in [-0.2, 0) is 4.79 Å². The van der Waals surface area contributed by atoms with Gasteiger partial charge in [-0.3, -0.25) is 9.20 Å². The predicted octanol–water partition coefficient (Wildman–Crippen LogP) is 2.90. The summed E-state index contributed by atoms with van der Waals surface area (Å²) >= 11 is 3.35. The predicted molar refractivity (Wildman–Crippen MR) is 85.8 cm³/mol. The molecule has 3 aromatic rings. The second-order valence-electron chi connectivity index (χ2n) is 4.67. The number of halogens is 1. The van der Waals surface area contributed by atoms with Gasteiger partial charge in [0.15, 0.2) is 11.8 Å². The van der Waals surface area contributed by atoms with Crippen LogP contribution in [0.2, 0.25) is 0 Å². The number of hydrogen-bond acceptors (Lipinski definition) is 4. The van der Waals surface area contributed by atoms with Crippen molar-refractivity contribution in [2.75, 3.05) is 5.32 Å². The van der Waals surface area contributed by atoms with E-state index >= 15 is 0 Å². The summed E-state index contributed by atoms with van der Waals surface area (Å²) < 4.78 is 8.23. The summed E-state index contributed by atoms with van der Waals surface area (Å²) in [5.41, 5.74) is 1.37. The molecule has 112 valence electrons. The van der Waals surface area contributed by atoms with Crippen LogP contribution in [0.25, 0.3) is 5.65 Å². The lowest BCUT2D eigenvalue weighted by Gasteiger charge is -2.13. The van der Waals surface area contributed by atoms with E-state index in [-0.39, 0.29) is 11.9 Å². The SMILES string of the molecule is C[C@@H](Oc1nnc2ccccn12)C(=O)Nc1ccc(Br)cc1. The van der Waals surface area contributed by atoms with Gasteiger partial charge < -0.3 is 10.1 Å². The van der Waals surface area contributed by atoms with Gasteiger partial charge in [0.1, 0.15) is 0 Å². The third kappa shape index (κ3) is 3.09. The topological polar surface area (TPSA) is 68.5 Å². The molecule has 1 atom stereocenters. The molecule has 6 nitrogen and oxygen atoms in total. The van der Waals surface area contributed by atoms with Crippen LogP contribution in [-0.4, -0.2) is 26.6 Å². The third-order valence-corrected chi connectivity index (χ3v) is 3.57. The first kappa shape index (κ1) is 14.5. The normalized spacial score (nSPS) is 12.1. The first-order valence-corrected chi connectivity index (χ1v) is 7.45. The van der Waals surface area contributed by atoms with Crippen molar-refractivity contribution in [1.29, 1.82) is 0 Å². The molecule has 7 heteroatoms. The largest absolute Gasteiger partial charge is 0.450 e. The van der Waals surface area contributed by atoms with E-state index in [1.807, 2.05) is 30.3 Å². The number of hydrogen-bond donors (Lipinski definition) is 1. The second-order valence-corrected chi connectivity index (χ2v) is 5.58. The molecule has 1 aromatic carbocycles. The first-order chi connectivity index (χ1) is 10.6. The van der Waals surface area contributed by atoms with Crippen molar-refractivity contribution in [2.45, 2.75) is 13.0 Å². The summed E-state index contributed by atoms with van der Waals surface area (Å²) in [5.74, 6) is -0.255. The molecule has 0 aliphatic carbocycles. The molecule has 0 radical (unpaired) electrons. The highest BCUT2D eigenvalue weighted by molar-refractivity contribution is 9.10. The molecule has 0 saturated heterocycles. The minimum absolute atomic E-state index is 0.255. The Morgan fingerprint density at radius 3 is 2.77 bits per heavy atom. The number of fused-ring (bicyclic) bond motifs is 1. The minimum atomic E-state index is -0.698. The minimum Gasteiger partial charge on any atom is -0.450 e. The first-order valence-electron chi connectivity index (χ1n) is 6.66. The van der Waals surface area contributed by atoms with Crippen molar-refractivity contribution < 1.29 is 9.53 Å². The fraction of sp³-hybridized carbons (Fsp3) is 0.133. The van der Waals surface area contributed by atoms with Crippen molar-refractivity contribution in [3.63, 3.8) is 0 Å². The standard InChI is InChI=1S/C15H13BrN4O2/c1-10(14(21)17-12-7-5-11(16)6-8-12)22-15-19-18-13-4-2-3-9-20(13)15/h2-10H,1H3,(H,17,21)/t10-/m1/s1. The highest BCUT2D eigenvalue weighted by Crippen LogP contribution is 2.15. The zero-order valence-corrected chi connectivity index (χ0v) is 13.3. The highest BCUT2D eigenvalue weighted by Gasteiger charge is 2.17. The van der Waals surface area contributed by atoms with E-state index in [0.29, 0.717) is 11.3 Å². The van der Waals surface area contributed by atoms with Crippen LogP contribution >= 0.6 is 15.9 Å². The molecule has 0 aliphatic heterocycles. The van der Waals surface area contributed by atoms with Gasteiger partial charge in [0.05, 0.1) is 0 Å². The highest BCUT2D eigenvalue weighted by atomic mass is 79.9. The summed E-state index contributed by atoms with van der Waals surface area (Å²) in [6.07, 6.45) is 1.08. The van der Waals surface area contributed by atoms with E-state index in [1.165, 1.54) is 0 Å². The van der Waals surface area contributed by atoms with Gasteiger partial charge in [0, 0.05) is 16.4 Å². The Balaban J connectivity index is 1.69. The molecule has 0 saturated carbocycles. The van der Waals surface area contributed by atoms with E-state index in [4.69, 9.17) is 4.74 Å². The molecule has 1 amide bonds. The number of amides is 1. The summed E-state index contributed by atoms with van der Waals surface area (Å²) in [4.78, 5) is 12.2. The summed E-state index contributed by atoms with van der Waals surface area (Å²) in [5, 5.41) is 10.7. The van der Waals surface area contributed by atoms with Crippen molar-refractivity contribution >= 4 is 33.2 Å². The maximum Gasteiger partial charge on any atom is 0.322 e. The fourth-order valence-electron chi connectivity index (χ4n) is 1.89. The summed E-state index contributed by atoms with van der Waals surface area (Å²) in [6.45, 7) is 1.66. The number of aromatic nitrogens is 3.